The molecule has 1 aliphatic carbocycles. The van der Waals surface area contributed by atoms with E-state index in [0.717, 1.165) is 17.7 Å². The molecule has 1 spiro atoms. The first kappa shape index (κ1) is 17.4. The molecule has 4 heterocycles. The molecule has 0 unspecified atom stereocenters. The summed E-state index contributed by atoms with van der Waals surface area (Å²) in [5.41, 5.74) is 2.10. The summed E-state index contributed by atoms with van der Waals surface area (Å²) in [6.07, 6.45) is 3.18. The van der Waals surface area contributed by atoms with Crippen molar-refractivity contribution in [2.24, 2.45) is 11.8 Å². The number of hydrogen-bond acceptors (Lipinski definition) is 4. The number of ether oxygens (including phenoxy) is 1. The Hall–Kier alpha value is -1.73. The maximum atomic E-state index is 13.7. The number of carbonyl (C=O) groups excluding carboxylic acids is 1. The molecule has 0 N–H and O–H groups in total. The standard InChI is InChI=1S/C21H26N2O4/c1-4-13-11-23(2,25)18-10-21(19-9-14(13)15(18)12-27-19)16-7-5-6-8-17(16)22(26-3)20(21)24/h4-8,14-15,18-19H,9-12H2,1-3H3/b13-4+/t14-,15-,18-,19+,21-,23+/m0/s1. The van der Waals surface area contributed by atoms with Gasteiger partial charge in [-0.1, -0.05) is 24.3 Å². The van der Waals surface area contributed by atoms with Crippen molar-refractivity contribution < 1.29 is 19.0 Å². The number of likely N-dealkylation sites (tertiary alicyclic amines) is 1. The van der Waals surface area contributed by atoms with Gasteiger partial charge < -0.3 is 14.6 Å². The van der Waals surface area contributed by atoms with Crippen molar-refractivity contribution in [2.75, 3.05) is 32.4 Å². The van der Waals surface area contributed by atoms with Crippen molar-refractivity contribution in [1.29, 1.82) is 0 Å². The Morgan fingerprint density at radius 3 is 2.93 bits per heavy atom. The molecule has 3 saturated heterocycles. The fourth-order valence-corrected chi connectivity index (χ4v) is 6.20. The number of nitrogens with zero attached hydrogens (tertiary/aromatic N) is 2. The second-order valence-electron chi connectivity index (χ2n) is 8.57. The molecule has 6 heteroatoms. The van der Waals surface area contributed by atoms with Crippen molar-refractivity contribution >= 4 is 11.6 Å². The Kier molecular flexibility index (Phi) is 3.63. The molecule has 1 amide bonds. The molecule has 5 aliphatic rings. The predicted molar refractivity (Wildman–Crippen MR) is 101 cm³/mol. The topological polar surface area (TPSA) is 61.8 Å². The zero-order chi connectivity index (χ0) is 19.0. The molecule has 27 heavy (non-hydrogen) atoms. The summed E-state index contributed by atoms with van der Waals surface area (Å²) in [4.78, 5) is 19.1. The summed E-state index contributed by atoms with van der Waals surface area (Å²) in [7, 11) is 3.28. The van der Waals surface area contributed by atoms with E-state index >= 15 is 0 Å². The quantitative estimate of drug-likeness (QED) is 0.433. The van der Waals surface area contributed by atoms with E-state index in [9.17, 15) is 10.0 Å². The van der Waals surface area contributed by atoms with Crippen LogP contribution in [0.2, 0.25) is 0 Å². The largest absolute Gasteiger partial charge is 0.633 e. The highest BCUT2D eigenvalue weighted by atomic mass is 16.7. The molecule has 1 saturated carbocycles. The van der Waals surface area contributed by atoms with Gasteiger partial charge in [-0.05, 0) is 36.5 Å². The summed E-state index contributed by atoms with van der Waals surface area (Å²) in [5, 5.41) is 15.0. The Labute approximate surface area is 159 Å². The van der Waals surface area contributed by atoms with E-state index in [1.165, 1.54) is 17.7 Å². The van der Waals surface area contributed by atoms with Crippen LogP contribution in [0.4, 0.5) is 5.69 Å². The van der Waals surface area contributed by atoms with Gasteiger partial charge in [0.2, 0.25) is 0 Å². The first-order valence-corrected chi connectivity index (χ1v) is 9.75. The number of carbonyl (C=O) groups is 1. The highest BCUT2D eigenvalue weighted by molar-refractivity contribution is 6.07. The van der Waals surface area contributed by atoms with Gasteiger partial charge in [-0.3, -0.25) is 9.63 Å². The number of para-hydroxylation sites is 1. The van der Waals surface area contributed by atoms with Crippen LogP contribution in [0.25, 0.3) is 0 Å². The van der Waals surface area contributed by atoms with Crippen LogP contribution in [0.5, 0.6) is 0 Å². The van der Waals surface area contributed by atoms with Crippen LogP contribution in [0.3, 0.4) is 0 Å². The van der Waals surface area contributed by atoms with Crippen LogP contribution in [0, 0.1) is 17.0 Å². The highest BCUT2D eigenvalue weighted by Crippen LogP contribution is 2.58. The Bertz CT molecular complexity index is 835. The van der Waals surface area contributed by atoms with Crippen LogP contribution < -0.4 is 5.06 Å². The van der Waals surface area contributed by atoms with E-state index in [1.54, 1.807) is 7.05 Å². The number of piperidine rings is 1. The normalized spacial score (nSPS) is 44.1. The lowest BCUT2D eigenvalue weighted by molar-refractivity contribution is -0.892. The minimum atomic E-state index is -0.839. The number of amides is 1. The number of benzene rings is 1. The van der Waals surface area contributed by atoms with Crippen LogP contribution in [-0.4, -0.2) is 50.0 Å². The Morgan fingerprint density at radius 1 is 1.41 bits per heavy atom. The van der Waals surface area contributed by atoms with Crippen LogP contribution in [-0.2, 0) is 19.8 Å². The number of hydroxylamine groups is 4. The zero-order valence-electron chi connectivity index (χ0n) is 16.1. The summed E-state index contributed by atoms with van der Waals surface area (Å²) in [5.74, 6) is 0.404. The minimum absolute atomic E-state index is 0.0913. The SMILES string of the molecule is C/C=C1\C[N@@+](C)([O-])[C@H]2C[C@@]3(C(=O)N(OC)c4ccccc43)[C@H]3C[C@@H]1[C@@H]2CO3. The van der Waals surface area contributed by atoms with Crippen molar-refractivity contribution in [2.45, 2.75) is 37.3 Å². The van der Waals surface area contributed by atoms with E-state index in [-0.39, 0.29) is 28.6 Å². The molecule has 144 valence electrons. The fourth-order valence-electron chi connectivity index (χ4n) is 6.20. The predicted octanol–water partition coefficient (Wildman–Crippen LogP) is 2.53. The third-order valence-electron chi connectivity index (χ3n) is 7.45. The number of allylic oxidation sites excluding steroid dienone is 1. The lowest BCUT2D eigenvalue weighted by Gasteiger charge is -2.55. The molecule has 4 aliphatic heterocycles. The smallest absolute Gasteiger partial charge is 0.264 e. The van der Waals surface area contributed by atoms with E-state index < -0.39 is 5.41 Å². The molecule has 4 bridgehead atoms. The van der Waals surface area contributed by atoms with Gasteiger partial charge in [0.25, 0.3) is 5.91 Å². The summed E-state index contributed by atoms with van der Waals surface area (Å²) < 4.78 is 5.97. The fraction of sp³-hybridized carbons (Fsp3) is 0.571. The van der Waals surface area contributed by atoms with Gasteiger partial charge in [-0.25, -0.2) is 0 Å². The van der Waals surface area contributed by atoms with Crippen LogP contribution >= 0.6 is 0 Å². The first-order valence-electron chi connectivity index (χ1n) is 9.75. The molecular weight excluding hydrogens is 344 g/mol. The van der Waals surface area contributed by atoms with Gasteiger partial charge in [0.1, 0.15) is 12.0 Å². The molecule has 6 atom stereocenters. The van der Waals surface area contributed by atoms with Gasteiger partial charge in [0.05, 0.1) is 38.6 Å². The Morgan fingerprint density at radius 2 is 2.19 bits per heavy atom. The molecule has 1 aromatic rings. The number of hydrogen-bond donors (Lipinski definition) is 0. The van der Waals surface area contributed by atoms with Gasteiger partial charge in [-0.2, -0.15) is 5.06 Å². The molecule has 1 aromatic carbocycles. The van der Waals surface area contributed by atoms with Crippen molar-refractivity contribution in [1.82, 2.24) is 0 Å². The number of likely N-dealkylation sites (N-methyl/N-ethyl adjacent to an activating group) is 1. The monoisotopic (exact) mass is 370 g/mol. The lowest BCUT2D eigenvalue weighted by Crippen LogP contribution is -2.59. The van der Waals surface area contributed by atoms with E-state index in [4.69, 9.17) is 9.57 Å². The van der Waals surface area contributed by atoms with Crippen LogP contribution in [0.1, 0.15) is 25.3 Å². The summed E-state index contributed by atoms with van der Waals surface area (Å²) in [6, 6.07) is 7.64. The molecule has 6 nitrogen and oxygen atoms in total. The molecule has 4 fully saturated rings. The lowest BCUT2D eigenvalue weighted by atomic mass is 9.72. The number of fused-ring (bicyclic) bond motifs is 2. The van der Waals surface area contributed by atoms with E-state index in [2.05, 4.69) is 6.08 Å². The van der Waals surface area contributed by atoms with E-state index in [1.807, 2.05) is 31.2 Å². The highest BCUT2D eigenvalue weighted by Gasteiger charge is 2.66. The summed E-state index contributed by atoms with van der Waals surface area (Å²) in [6.45, 7) is 3.08. The third-order valence-corrected chi connectivity index (χ3v) is 7.45. The summed E-state index contributed by atoms with van der Waals surface area (Å²) >= 11 is 0. The van der Waals surface area contributed by atoms with Gasteiger partial charge in [-0.15, -0.1) is 0 Å². The van der Waals surface area contributed by atoms with Crippen molar-refractivity contribution in [3.63, 3.8) is 0 Å². The minimum Gasteiger partial charge on any atom is -0.633 e. The Balaban J connectivity index is 1.72. The molecule has 0 aromatic heterocycles. The molecule has 6 rings (SSSR count). The first-order chi connectivity index (χ1) is 12.9. The average molecular weight is 370 g/mol. The van der Waals surface area contributed by atoms with Gasteiger partial charge >= 0.3 is 0 Å². The average Bonchev–Trinajstić information content (AvgIpc) is 2.78. The van der Waals surface area contributed by atoms with E-state index in [0.29, 0.717) is 25.5 Å². The van der Waals surface area contributed by atoms with Crippen LogP contribution in [0.15, 0.2) is 35.9 Å². The zero-order valence-corrected chi connectivity index (χ0v) is 16.1. The van der Waals surface area contributed by atoms with Crippen molar-refractivity contribution in [3.8, 4) is 0 Å². The number of rotatable bonds is 1. The van der Waals surface area contributed by atoms with Crippen molar-refractivity contribution in [3.05, 3.63) is 46.7 Å². The maximum Gasteiger partial charge on any atom is 0.264 e. The molecular formula is C21H26N2O4. The van der Waals surface area contributed by atoms with Gasteiger partial charge in [0, 0.05) is 12.3 Å². The maximum absolute atomic E-state index is 13.7. The second-order valence-corrected chi connectivity index (χ2v) is 8.57. The number of quaternary nitrogens is 1. The molecule has 0 radical (unpaired) electrons. The number of anilines is 1. The van der Waals surface area contributed by atoms with Gasteiger partial charge in [0.15, 0.2) is 0 Å². The third kappa shape index (κ3) is 2.07. The second kappa shape index (κ2) is 5.64.